The van der Waals surface area contributed by atoms with Crippen LogP contribution in [0.4, 0.5) is 5.69 Å². The quantitative estimate of drug-likeness (QED) is 0.0872. The Morgan fingerprint density at radius 3 is 1.96 bits per heavy atom. The van der Waals surface area contributed by atoms with E-state index in [1.807, 2.05) is 152 Å². The van der Waals surface area contributed by atoms with Gasteiger partial charge in [0.1, 0.15) is 0 Å². The van der Waals surface area contributed by atoms with Gasteiger partial charge in [-0.15, -0.1) is 11.3 Å². The van der Waals surface area contributed by atoms with E-state index in [1.54, 1.807) is 11.0 Å². The van der Waals surface area contributed by atoms with Gasteiger partial charge in [0.05, 0.1) is 16.4 Å². The first-order valence-corrected chi connectivity index (χ1v) is 24.3. The van der Waals surface area contributed by atoms with Crippen molar-refractivity contribution in [2.45, 2.75) is 5.41 Å². The molecule has 0 atom stereocenters. The summed E-state index contributed by atoms with van der Waals surface area (Å²) in [5.74, 6) is 0. The van der Waals surface area contributed by atoms with Crippen molar-refractivity contribution in [2.24, 2.45) is 0 Å². The highest BCUT2D eigenvalue weighted by molar-refractivity contribution is 7.26. The van der Waals surface area contributed by atoms with Crippen molar-refractivity contribution in [3.8, 4) is 22.3 Å². The summed E-state index contributed by atoms with van der Waals surface area (Å²) in [4.78, 5) is 1.71. The summed E-state index contributed by atoms with van der Waals surface area (Å²) >= 11 is 1.52. The average molecular weight is 932 g/mol. The molecule has 336 valence electrons. The molecule has 1 aromatic heterocycles. The maximum atomic E-state index is 9.96. The Morgan fingerprint density at radius 1 is 0.549 bits per heavy atom. The number of allylic oxidation sites excluding steroid dienone is 7. The van der Waals surface area contributed by atoms with Crippen molar-refractivity contribution >= 4 is 69.9 Å². The van der Waals surface area contributed by atoms with Crippen LogP contribution in [0, 0.1) is 0 Å². The van der Waals surface area contributed by atoms with Crippen LogP contribution < -0.4 is 4.90 Å². The molecule has 12 rings (SSSR count). The van der Waals surface area contributed by atoms with E-state index in [0.717, 1.165) is 99.4 Å². The Balaban J connectivity index is 1.05. The number of hydrogen-bond donors (Lipinski definition) is 0. The lowest BCUT2D eigenvalue weighted by atomic mass is 9.67. The zero-order valence-electron chi connectivity index (χ0n) is 46.6. The standard InChI is InChI=1S/C69H49NS/c1-4-56-61-31-15-17-35-65(61)69(53-23-7-5-8-24-53,54-25-9-6-10-26-54)66(56)43-44-70(55-27-19-22-51(45-55)64-46-52-21-11-12-28-57(52)59-29-13-14-30-60(59)64)48(3)38-37-47(2)49-39-41-50(42-40-49)58-33-20-34-63-62-32-16-18-36-67(62)71-68(58)63/h4-46H,1-3H2/b38-37-,44-43+/i2D,3D,37D,38D,39D,40D,41D,42D/b38-37-,44-43+,47-2?,48-3?. The summed E-state index contributed by atoms with van der Waals surface area (Å²) in [7, 11) is 0. The zero-order valence-corrected chi connectivity index (χ0v) is 39.4. The van der Waals surface area contributed by atoms with Gasteiger partial charge in [0.25, 0.3) is 0 Å². The highest BCUT2D eigenvalue weighted by Gasteiger charge is 2.46. The van der Waals surface area contributed by atoms with Crippen molar-refractivity contribution in [3.05, 3.63) is 320 Å². The molecule has 0 fully saturated rings. The molecule has 0 N–H and O–H groups in total. The molecule has 0 spiro atoms. The molecule has 0 amide bonds. The molecule has 0 unspecified atom stereocenters. The first-order chi connectivity index (χ1) is 38.6. The Kier molecular flexibility index (Phi) is 9.08. The van der Waals surface area contributed by atoms with E-state index in [-0.39, 0.29) is 34.5 Å². The molecular formula is C69H49NS. The Hall–Kier alpha value is -8.82. The molecule has 2 heteroatoms. The van der Waals surface area contributed by atoms with Gasteiger partial charge in [0.2, 0.25) is 0 Å². The molecule has 1 aliphatic rings. The molecule has 1 heterocycles. The lowest BCUT2D eigenvalue weighted by Gasteiger charge is -2.35. The van der Waals surface area contributed by atoms with Crippen LogP contribution in [0.1, 0.15) is 38.8 Å². The maximum Gasteiger partial charge on any atom is 0.0714 e. The van der Waals surface area contributed by atoms with E-state index in [4.69, 9.17) is 1.37 Å². The van der Waals surface area contributed by atoms with Crippen LogP contribution in [-0.4, -0.2) is 0 Å². The fourth-order valence-electron chi connectivity index (χ4n) is 10.5. The summed E-state index contributed by atoms with van der Waals surface area (Å²) in [6.07, 6.45) is 5.71. The van der Waals surface area contributed by atoms with Gasteiger partial charge >= 0.3 is 0 Å². The van der Waals surface area contributed by atoms with E-state index in [0.29, 0.717) is 11.3 Å². The number of thiophene rings is 1. The summed E-state index contributed by atoms with van der Waals surface area (Å²) in [6, 6.07) is 66.6. The smallest absolute Gasteiger partial charge is 0.0714 e. The number of benzene rings is 10. The zero-order chi connectivity index (χ0) is 54.5. The number of anilines is 1. The van der Waals surface area contributed by atoms with E-state index < -0.39 is 29.6 Å². The molecule has 0 bridgehead atoms. The fraction of sp³-hybridized carbons (Fsp3) is 0.0145. The average Bonchev–Trinajstić information content (AvgIpc) is 4.09. The predicted molar refractivity (Wildman–Crippen MR) is 307 cm³/mol. The minimum absolute atomic E-state index is 0.0503. The molecule has 71 heavy (non-hydrogen) atoms. The Labute approximate surface area is 431 Å². The molecular weight excluding hydrogens is 875 g/mol. The highest BCUT2D eigenvalue weighted by Crippen LogP contribution is 2.55. The Bertz CT molecular complexity index is 4370. The summed E-state index contributed by atoms with van der Waals surface area (Å²) in [5.41, 5.74) is 7.44. The highest BCUT2D eigenvalue weighted by atomic mass is 32.1. The number of rotatable bonds is 12. The molecule has 0 saturated carbocycles. The first-order valence-electron chi connectivity index (χ1n) is 27.7. The number of nitrogens with zero attached hydrogens (tertiary/aromatic N) is 1. The third-order valence-electron chi connectivity index (χ3n) is 13.7. The third-order valence-corrected chi connectivity index (χ3v) is 14.9. The van der Waals surface area contributed by atoms with Crippen LogP contribution in [0.15, 0.2) is 292 Å². The van der Waals surface area contributed by atoms with Gasteiger partial charge in [-0.2, -0.15) is 0 Å². The fourth-order valence-corrected chi connectivity index (χ4v) is 11.7. The topological polar surface area (TPSA) is 3.24 Å². The van der Waals surface area contributed by atoms with Crippen molar-refractivity contribution < 1.29 is 11.0 Å². The largest absolute Gasteiger partial charge is 0.318 e. The SMILES string of the molecule is [2H]C=C(/C([2H])=C(/[2H])C(=C[2H])N(/C=C/C1=C(C=C)c2ccccc2C1(c1ccccc1)c1ccccc1)c1cccc(-c2cc3ccccc3c3ccccc23)c1)c1c([2H])c([2H])c(-c2cccc3c2sc2ccccc23)c([2H])c1[2H]. The van der Waals surface area contributed by atoms with Crippen molar-refractivity contribution in [2.75, 3.05) is 4.90 Å². The molecule has 0 aliphatic heterocycles. The van der Waals surface area contributed by atoms with E-state index in [2.05, 4.69) is 73.3 Å². The van der Waals surface area contributed by atoms with Gasteiger partial charge in [-0.25, -0.2) is 0 Å². The van der Waals surface area contributed by atoms with Crippen molar-refractivity contribution in [3.63, 3.8) is 0 Å². The van der Waals surface area contributed by atoms with Gasteiger partial charge in [-0.1, -0.05) is 238 Å². The predicted octanol–water partition coefficient (Wildman–Crippen LogP) is 18.8. The second-order valence-electron chi connectivity index (χ2n) is 17.6. The molecule has 0 saturated heterocycles. The van der Waals surface area contributed by atoms with E-state index in [9.17, 15) is 9.60 Å². The van der Waals surface area contributed by atoms with Crippen LogP contribution >= 0.6 is 11.3 Å². The molecule has 0 radical (unpaired) electrons. The molecule has 1 aliphatic carbocycles. The lowest BCUT2D eigenvalue weighted by Crippen LogP contribution is -2.29. The monoisotopic (exact) mass is 931 g/mol. The van der Waals surface area contributed by atoms with E-state index in [1.165, 1.54) is 11.3 Å². The van der Waals surface area contributed by atoms with Crippen molar-refractivity contribution in [1.29, 1.82) is 0 Å². The summed E-state index contributed by atoms with van der Waals surface area (Å²) < 4.78 is 77.3. The second-order valence-corrected chi connectivity index (χ2v) is 18.6. The van der Waals surface area contributed by atoms with Crippen LogP contribution in [0.5, 0.6) is 0 Å². The van der Waals surface area contributed by atoms with Crippen LogP contribution in [0.25, 0.3) is 75.1 Å². The number of fused-ring (bicyclic) bond motifs is 7. The van der Waals surface area contributed by atoms with Crippen LogP contribution in [0.2, 0.25) is 0 Å². The third kappa shape index (κ3) is 7.49. The second kappa shape index (κ2) is 18.3. The Morgan fingerprint density at radius 2 is 1.20 bits per heavy atom. The van der Waals surface area contributed by atoms with Gasteiger partial charge < -0.3 is 4.90 Å². The van der Waals surface area contributed by atoms with Gasteiger partial charge in [-0.05, 0) is 125 Å². The summed E-state index contributed by atoms with van der Waals surface area (Å²) in [5, 5.41) is 6.29. The molecule has 10 aromatic carbocycles. The molecule has 1 nitrogen and oxygen atoms in total. The van der Waals surface area contributed by atoms with Crippen LogP contribution in [-0.2, 0) is 5.41 Å². The minimum Gasteiger partial charge on any atom is -0.318 e. The number of hydrogen-bond acceptors (Lipinski definition) is 2. The lowest BCUT2D eigenvalue weighted by molar-refractivity contribution is 0.761. The molecule has 11 aromatic rings. The first kappa shape index (κ1) is 35.3. The van der Waals surface area contributed by atoms with E-state index >= 15 is 0 Å². The van der Waals surface area contributed by atoms with Gasteiger partial charge in [-0.3, -0.25) is 0 Å². The maximum absolute atomic E-state index is 9.96. The van der Waals surface area contributed by atoms with Gasteiger partial charge in [0.15, 0.2) is 0 Å². The normalized spacial score (nSPS) is 15.7. The minimum atomic E-state index is -0.853. The van der Waals surface area contributed by atoms with Crippen molar-refractivity contribution in [1.82, 2.24) is 0 Å². The summed E-state index contributed by atoms with van der Waals surface area (Å²) in [6.45, 7) is 6.19. The van der Waals surface area contributed by atoms with Crippen LogP contribution in [0.3, 0.4) is 0 Å². The van der Waals surface area contributed by atoms with Gasteiger partial charge in [0, 0.05) is 37.8 Å².